The van der Waals surface area contributed by atoms with Crippen molar-refractivity contribution in [3.05, 3.63) is 58.6 Å². The van der Waals surface area contributed by atoms with Crippen molar-refractivity contribution in [3.8, 4) is 16.9 Å². The van der Waals surface area contributed by atoms with Crippen LogP contribution in [-0.2, 0) is 0 Å². The Morgan fingerprint density at radius 1 is 1.12 bits per heavy atom. The molecule has 0 saturated carbocycles. The molecule has 0 radical (unpaired) electrons. The molecule has 7 heteroatoms. The molecule has 0 saturated heterocycles. The first-order chi connectivity index (χ1) is 11.5. The Morgan fingerprint density at radius 2 is 1.92 bits per heavy atom. The molecular weight excluding hydrogens is 350 g/mol. The lowest BCUT2D eigenvalue weighted by molar-refractivity contribution is 0.631. The zero-order valence-corrected chi connectivity index (χ0v) is 14.6. The number of hydrogen-bond acceptors (Lipinski definition) is 3. The molecule has 1 N–H and O–H groups in total. The minimum atomic E-state index is -0.454. The molecule has 4 nitrogen and oxygen atoms in total. The second-order valence-corrected chi connectivity index (χ2v) is 6.35. The summed E-state index contributed by atoms with van der Waals surface area (Å²) < 4.78 is 16.0. The van der Waals surface area contributed by atoms with Gasteiger partial charge in [0.25, 0.3) is 0 Å². The van der Waals surface area contributed by atoms with Crippen molar-refractivity contribution in [1.82, 2.24) is 14.8 Å². The van der Waals surface area contributed by atoms with Crippen LogP contribution in [0.5, 0.6) is 0 Å². The van der Waals surface area contributed by atoms with E-state index in [1.807, 2.05) is 13.8 Å². The smallest absolute Gasteiger partial charge is 0.157 e. The average molecular weight is 365 g/mol. The fourth-order valence-corrected chi connectivity index (χ4v) is 2.91. The normalized spacial score (nSPS) is 11.1. The Labute approximate surface area is 149 Å². The second kappa shape index (κ2) is 6.79. The van der Waals surface area contributed by atoms with Crippen molar-refractivity contribution < 1.29 is 4.39 Å². The van der Waals surface area contributed by atoms with E-state index in [0.717, 1.165) is 0 Å². The Balaban J connectivity index is 2.25. The van der Waals surface area contributed by atoms with Gasteiger partial charge < -0.3 is 5.32 Å². The van der Waals surface area contributed by atoms with E-state index in [0.29, 0.717) is 22.2 Å². The largest absolute Gasteiger partial charge is 0.367 e. The minimum Gasteiger partial charge on any atom is -0.367 e. The van der Waals surface area contributed by atoms with E-state index >= 15 is 0 Å². The van der Waals surface area contributed by atoms with Gasteiger partial charge in [0, 0.05) is 35.6 Å². The minimum absolute atomic E-state index is 0.0748. The maximum Gasteiger partial charge on any atom is 0.157 e. The molecule has 0 unspecified atom stereocenters. The van der Waals surface area contributed by atoms with E-state index in [4.69, 9.17) is 23.2 Å². The molecule has 0 aliphatic heterocycles. The molecular formula is C17H15Cl2FN4. The van der Waals surface area contributed by atoms with Crippen LogP contribution in [0.15, 0.2) is 42.7 Å². The Morgan fingerprint density at radius 3 is 2.54 bits per heavy atom. The van der Waals surface area contributed by atoms with E-state index in [2.05, 4.69) is 15.4 Å². The molecule has 0 spiro atoms. The second-order valence-electron chi connectivity index (χ2n) is 5.53. The van der Waals surface area contributed by atoms with Crippen LogP contribution in [0.3, 0.4) is 0 Å². The van der Waals surface area contributed by atoms with Gasteiger partial charge in [0.2, 0.25) is 0 Å². The molecule has 124 valence electrons. The van der Waals surface area contributed by atoms with E-state index in [-0.39, 0.29) is 16.6 Å². The van der Waals surface area contributed by atoms with Crippen LogP contribution >= 0.6 is 23.2 Å². The van der Waals surface area contributed by atoms with Crippen LogP contribution in [0.2, 0.25) is 10.0 Å². The number of hydrogen-bond donors (Lipinski definition) is 1. The number of aromatic nitrogens is 3. The number of pyridine rings is 1. The van der Waals surface area contributed by atoms with Crippen LogP contribution in [0.1, 0.15) is 13.8 Å². The fraction of sp³-hybridized carbons (Fsp3) is 0.176. The lowest BCUT2D eigenvalue weighted by Crippen LogP contribution is -2.14. The summed E-state index contributed by atoms with van der Waals surface area (Å²) in [6, 6.07) is 8.02. The zero-order valence-electron chi connectivity index (χ0n) is 13.1. The van der Waals surface area contributed by atoms with Crippen molar-refractivity contribution in [2.75, 3.05) is 5.32 Å². The first-order valence-corrected chi connectivity index (χ1v) is 8.14. The number of nitrogens with one attached hydrogen (secondary N) is 1. The Kier molecular flexibility index (Phi) is 4.73. The third-order valence-corrected chi connectivity index (χ3v) is 3.95. The van der Waals surface area contributed by atoms with E-state index < -0.39 is 5.82 Å². The van der Waals surface area contributed by atoms with Gasteiger partial charge in [0.15, 0.2) is 5.82 Å². The summed E-state index contributed by atoms with van der Waals surface area (Å²) in [5, 5.41) is 7.97. The number of benzene rings is 1. The standard InChI is InChI=1S/C17H15Cl2FN4/c1-10(2)22-17-16(15-11(18)5-3-6-13(15)20)12(19)9-14(23-17)24-8-4-7-21-24/h3-10H,1-2H3,(H,22,23). The van der Waals surface area contributed by atoms with Gasteiger partial charge >= 0.3 is 0 Å². The molecule has 0 aliphatic rings. The number of halogens is 3. The van der Waals surface area contributed by atoms with Crippen molar-refractivity contribution in [3.63, 3.8) is 0 Å². The summed E-state index contributed by atoms with van der Waals surface area (Å²) in [4.78, 5) is 4.55. The van der Waals surface area contributed by atoms with Crippen molar-refractivity contribution in [2.24, 2.45) is 0 Å². The Hall–Kier alpha value is -2.11. The van der Waals surface area contributed by atoms with Gasteiger partial charge in [0.05, 0.1) is 10.0 Å². The monoisotopic (exact) mass is 364 g/mol. The number of rotatable bonds is 4. The fourth-order valence-electron chi connectivity index (χ4n) is 2.38. The van der Waals surface area contributed by atoms with E-state index in [1.54, 1.807) is 41.3 Å². The first-order valence-electron chi connectivity index (χ1n) is 7.39. The summed E-state index contributed by atoms with van der Waals surface area (Å²) in [7, 11) is 0. The molecule has 0 amide bonds. The lowest BCUT2D eigenvalue weighted by Gasteiger charge is -2.18. The average Bonchev–Trinajstić information content (AvgIpc) is 3.03. The van der Waals surface area contributed by atoms with Crippen molar-refractivity contribution >= 4 is 29.0 Å². The molecule has 24 heavy (non-hydrogen) atoms. The lowest BCUT2D eigenvalue weighted by atomic mass is 10.0. The number of anilines is 1. The van der Waals surface area contributed by atoms with Gasteiger partial charge in [-0.1, -0.05) is 29.3 Å². The van der Waals surface area contributed by atoms with Gasteiger partial charge in [-0.2, -0.15) is 5.10 Å². The van der Waals surface area contributed by atoms with Crippen LogP contribution in [0, 0.1) is 5.82 Å². The quantitative estimate of drug-likeness (QED) is 0.691. The summed E-state index contributed by atoms with van der Waals surface area (Å²) in [6.45, 7) is 3.92. The maximum atomic E-state index is 14.4. The molecule has 1 aromatic carbocycles. The highest BCUT2D eigenvalue weighted by Gasteiger charge is 2.20. The highest BCUT2D eigenvalue weighted by Crippen LogP contribution is 2.40. The molecule has 3 aromatic rings. The first kappa shape index (κ1) is 16.7. The SMILES string of the molecule is CC(C)Nc1nc(-n2cccn2)cc(Cl)c1-c1c(F)cccc1Cl. The van der Waals surface area contributed by atoms with Gasteiger partial charge in [-0.25, -0.2) is 14.1 Å². The molecule has 0 bridgehead atoms. The third-order valence-electron chi connectivity index (χ3n) is 3.34. The summed E-state index contributed by atoms with van der Waals surface area (Å²) >= 11 is 12.7. The molecule has 0 fully saturated rings. The highest BCUT2D eigenvalue weighted by atomic mass is 35.5. The predicted molar refractivity (Wildman–Crippen MR) is 95.5 cm³/mol. The van der Waals surface area contributed by atoms with Crippen LogP contribution < -0.4 is 5.32 Å². The highest BCUT2D eigenvalue weighted by molar-refractivity contribution is 6.37. The topological polar surface area (TPSA) is 42.7 Å². The van der Waals surface area contributed by atoms with Gasteiger partial charge in [-0.3, -0.25) is 0 Å². The van der Waals surface area contributed by atoms with E-state index in [9.17, 15) is 4.39 Å². The molecule has 2 aromatic heterocycles. The maximum absolute atomic E-state index is 14.4. The van der Waals surface area contributed by atoms with Crippen LogP contribution in [0.25, 0.3) is 16.9 Å². The van der Waals surface area contributed by atoms with Gasteiger partial charge in [-0.15, -0.1) is 0 Å². The van der Waals surface area contributed by atoms with Crippen LogP contribution in [0.4, 0.5) is 10.2 Å². The summed E-state index contributed by atoms with van der Waals surface area (Å²) in [5.41, 5.74) is 0.663. The Bertz CT molecular complexity index is 843. The summed E-state index contributed by atoms with van der Waals surface area (Å²) in [5.74, 6) is 0.532. The summed E-state index contributed by atoms with van der Waals surface area (Å²) in [6.07, 6.45) is 3.40. The van der Waals surface area contributed by atoms with Gasteiger partial charge in [0.1, 0.15) is 11.6 Å². The van der Waals surface area contributed by atoms with Gasteiger partial charge in [-0.05, 0) is 32.0 Å². The molecule has 0 atom stereocenters. The molecule has 3 rings (SSSR count). The molecule has 0 aliphatic carbocycles. The van der Waals surface area contributed by atoms with Crippen molar-refractivity contribution in [2.45, 2.75) is 19.9 Å². The molecule has 2 heterocycles. The predicted octanol–water partition coefficient (Wildman–Crippen LogP) is 5.20. The van der Waals surface area contributed by atoms with Crippen molar-refractivity contribution in [1.29, 1.82) is 0 Å². The van der Waals surface area contributed by atoms with E-state index in [1.165, 1.54) is 6.07 Å². The zero-order chi connectivity index (χ0) is 17.3. The number of nitrogens with zero attached hydrogens (tertiary/aromatic N) is 3. The van der Waals surface area contributed by atoms with Crippen LogP contribution in [-0.4, -0.2) is 20.8 Å². The third kappa shape index (κ3) is 3.23.